The molecule has 2 aromatic carbocycles. The average molecular weight is 504 g/mol. The molecule has 2 aromatic heterocycles. The molecule has 4 aromatic rings. The molecule has 0 N–H and O–H groups in total. The van der Waals surface area contributed by atoms with Gasteiger partial charge in [-0.15, -0.1) is 21.5 Å². The lowest BCUT2D eigenvalue weighted by Gasteiger charge is -2.34. The number of thiophene rings is 1. The number of piperazine rings is 1. The Morgan fingerprint density at radius 2 is 1.63 bits per heavy atom. The number of rotatable bonds is 9. The Balaban J connectivity index is 1.12. The van der Waals surface area contributed by atoms with Gasteiger partial charge in [-0.3, -0.25) is 14.3 Å². The van der Waals surface area contributed by atoms with Crippen LogP contribution in [0.3, 0.4) is 0 Å². The van der Waals surface area contributed by atoms with Gasteiger partial charge in [-0.25, -0.2) is 0 Å². The first-order valence-corrected chi connectivity index (χ1v) is 13.9. The number of nitrogens with zero attached hydrogens (tertiary/aromatic N) is 5. The summed E-state index contributed by atoms with van der Waals surface area (Å²) in [6.45, 7) is 4.44. The van der Waals surface area contributed by atoms with E-state index in [2.05, 4.69) is 67.5 Å². The summed E-state index contributed by atoms with van der Waals surface area (Å²) >= 11 is 3.33. The zero-order chi connectivity index (χ0) is 23.9. The third-order valence-electron chi connectivity index (χ3n) is 6.13. The van der Waals surface area contributed by atoms with Crippen molar-refractivity contribution in [3.8, 4) is 16.4 Å². The van der Waals surface area contributed by atoms with Crippen molar-refractivity contribution in [2.75, 3.05) is 31.9 Å². The second kappa shape index (κ2) is 11.7. The van der Waals surface area contributed by atoms with Crippen molar-refractivity contribution in [1.29, 1.82) is 0 Å². The summed E-state index contributed by atoms with van der Waals surface area (Å²) < 4.78 is 2.12. The van der Waals surface area contributed by atoms with Crippen molar-refractivity contribution in [1.82, 2.24) is 24.6 Å². The van der Waals surface area contributed by atoms with Crippen LogP contribution in [0.5, 0.6) is 0 Å². The first-order chi connectivity index (χ1) is 17.3. The van der Waals surface area contributed by atoms with Gasteiger partial charge in [0.1, 0.15) is 0 Å². The molecule has 1 fully saturated rings. The molecule has 0 radical (unpaired) electrons. The van der Waals surface area contributed by atoms with Crippen LogP contribution >= 0.6 is 23.1 Å². The van der Waals surface area contributed by atoms with Crippen LogP contribution in [-0.4, -0.2) is 62.4 Å². The maximum absolute atomic E-state index is 12.8. The lowest BCUT2D eigenvalue weighted by atomic mass is 10.2. The average Bonchev–Trinajstić information content (AvgIpc) is 3.58. The maximum Gasteiger partial charge on any atom is 0.222 e. The van der Waals surface area contributed by atoms with E-state index < -0.39 is 0 Å². The third kappa shape index (κ3) is 6.01. The highest BCUT2D eigenvalue weighted by Gasteiger charge is 2.21. The minimum atomic E-state index is 0.258. The molecule has 0 atom stereocenters. The number of para-hydroxylation sites is 1. The number of aromatic nitrogens is 3. The summed E-state index contributed by atoms with van der Waals surface area (Å²) in [7, 11) is 0. The molecular formula is C27H29N5OS2. The van der Waals surface area contributed by atoms with Crippen LogP contribution in [0, 0.1) is 0 Å². The molecule has 0 bridgehead atoms. The van der Waals surface area contributed by atoms with Crippen molar-refractivity contribution in [3.63, 3.8) is 0 Å². The second-order valence-electron chi connectivity index (χ2n) is 8.55. The molecule has 6 nitrogen and oxygen atoms in total. The van der Waals surface area contributed by atoms with Crippen LogP contribution in [0.1, 0.15) is 18.4 Å². The van der Waals surface area contributed by atoms with Crippen LogP contribution in [0.2, 0.25) is 0 Å². The molecule has 1 aliphatic heterocycles. The van der Waals surface area contributed by atoms with E-state index in [0.717, 1.165) is 66.4 Å². The number of amides is 1. The summed E-state index contributed by atoms with van der Waals surface area (Å²) in [4.78, 5) is 18.3. The Bertz CT molecular complexity index is 1200. The number of hydrogen-bond acceptors (Lipinski definition) is 6. The van der Waals surface area contributed by atoms with Gasteiger partial charge in [-0.05, 0) is 35.6 Å². The van der Waals surface area contributed by atoms with Gasteiger partial charge in [0.2, 0.25) is 5.91 Å². The molecular weight excluding hydrogens is 474 g/mol. The van der Waals surface area contributed by atoms with Gasteiger partial charge in [0.25, 0.3) is 0 Å². The summed E-state index contributed by atoms with van der Waals surface area (Å²) in [5.74, 6) is 1.95. The molecule has 0 saturated carbocycles. The van der Waals surface area contributed by atoms with E-state index in [-0.39, 0.29) is 5.91 Å². The summed E-state index contributed by atoms with van der Waals surface area (Å²) in [6.07, 6.45) is 1.40. The smallest absolute Gasteiger partial charge is 0.222 e. The van der Waals surface area contributed by atoms with Crippen LogP contribution < -0.4 is 0 Å². The topological polar surface area (TPSA) is 54.3 Å². The van der Waals surface area contributed by atoms with Gasteiger partial charge in [-0.1, -0.05) is 66.4 Å². The zero-order valence-corrected chi connectivity index (χ0v) is 21.3. The minimum Gasteiger partial charge on any atom is -0.340 e. The highest BCUT2D eigenvalue weighted by atomic mass is 32.2. The van der Waals surface area contributed by atoms with Gasteiger partial charge in [0.05, 0.1) is 4.88 Å². The van der Waals surface area contributed by atoms with Gasteiger partial charge >= 0.3 is 0 Å². The molecule has 0 spiro atoms. The second-order valence-corrected chi connectivity index (χ2v) is 10.6. The summed E-state index contributed by atoms with van der Waals surface area (Å²) in [5, 5.41) is 11.9. The van der Waals surface area contributed by atoms with Crippen molar-refractivity contribution >= 4 is 29.0 Å². The third-order valence-corrected chi connectivity index (χ3v) is 8.01. The first-order valence-electron chi connectivity index (χ1n) is 12.0. The fraction of sp³-hybridized carbons (Fsp3) is 0.296. The summed E-state index contributed by atoms with van der Waals surface area (Å²) in [5.41, 5.74) is 2.38. The Morgan fingerprint density at radius 1 is 0.886 bits per heavy atom. The van der Waals surface area contributed by atoms with Crippen molar-refractivity contribution in [2.24, 2.45) is 0 Å². The molecule has 180 valence electrons. The van der Waals surface area contributed by atoms with E-state index in [4.69, 9.17) is 0 Å². The largest absolute Gasteiger partial charge is 0.340 e. The number of thioether (sulfide) groups is 1. The Labute approximate surface area is 214 Å². The Kier molecular flexibility index (Phi) is 7.92. The number of hydrogen-bond donors (Lipinski definition) is 0. The van der Waals surface area contributed by atoms with E-state index in [9.17, 15) is 4.79 Å². The molecule has 8 heteroatoms. The highest BCUT2D eigenvalue weighted by Crippen LogP contribution is 2.30. The monoisotopic (exact) mass is 503 g/mol. The number of benzene rings is 2. The van der Waals surface area contributed by atoms with E-state index in [1.807, 2.05) is 35.2 Å². The molecule has 3 heterocycles. The lowest BCUT2D eigenvalue weighted by Crippen LogP contribution is -2.48. The maximum atomic E-state index is 12.8. The van der Waals surface area contributed by atoms with Gasteiger partial charge < -0.3 is 4.90 Å². The molecule has 0 aliphatic carbocycles. The van der Waals surface area contributed by atoms with Crippen molar-refractivity contribution in [3.05, 3.63) is 83.7 Å². The highest BCUT2D eigenvalue weighted by molar-refractivity contribution is 7.99. The van der Waals surface area contributed by atoms with Crippen LogP contribution in [0.25, 0.3) is 16.4 Å². The fourth-order valence-corrected chi connectivity index (χ4v) is 5.87. The SMILES string of the molecule is O=C(CCCSc1nnc(-c2cccs2)n1-c1ccccc1)N1CCN(Cc2ccccc2)CC1. The van der Waals surface area contributed by atoms with Gasteiger partial charge in [-0.2, -0.15) is 0 Å². The first kappa shape index (κ1) is 23.8. The normalized spacial score (nSPS) is 14.3. The number of carbonyl (C=O) groups excluding carboxylic acids is 1. The van der Waals surface area contributed by atoms with Crippen molar-refractivity contribution < 1.29 is 4.79 Å². The van der Waals surface area contributed by atoms with Crippen molar-refractivity contribution in [2.45, 2.75) is 24.5 Å². The Hall–Kier alpha value is -2.94. The molecule has 35 heavy (non-hydrogen) atoms. The molecule has 5 rings (SSSR count). The predicted molar refractivity (Wildman–Crippen MR) is 143 cm³/mol. The van der Waals surface area contributed by atoms with Crippen LogP contribution in [0.15, 0.2) is 83.3 Å². The van der Waals surface area contributed by atoms with E-state index in [0.29, 0.717) is 6.42 Å². The summed E-state index contributed by atoms with van der Waals surface area (Å²) in [6, 6.07) is 24.9. The molecule has 0 unspecified atom stereocenters. The predicted octanol–water partition coefficient (Wildman–Crippen LogP) is 5.21. The molecule has 1 aliphatic rings. The van der Waals surface area contributed by atoms with Crippen LogP contribution in [0.4, 0.5) is 0 Å². The quantitative estimate of drug-likeness (QED) is 0.232. The van der Waals surface area contributed by atoms with E-state index >= 15 is 0 Å². The minimum absolute atomic E-state index is 0.258. The van der Waals surface area contributed by atoms with Crippen LogP contribution in [-0.2, 0) is 11.3 Å². The number of carbonyl (C=O) groups is 1. The fourth-order valence-electron chi connectivity index (χ4n) is 4.28. The van der Waals surface area contributed by atoms with Gasteiger partial charge in [0, 0.05) is 50.6 Å². The van der Waals surface area contributed by atoms with E-state index in [1.54, 1.807) is 23.1 Å². The van der Waals surface area contributed by atoms with E-state index in [1.165, 1.54) is 5.56 Å². The molecule has 1 saturated heterocycles. The standard InChI is InChI=1S/C27H29N5OS2/c33-25(31-17-15-30(16-18-31)21-22-9-3-1-4-10-22)14-8-20-35-27-29-28-26(24-13-7-19-34-24)32(27)23-11-5-2-6-12-23/h1-7,9-13,19H,8,14-18,20-21H2. The lowest BCUT2D eigenvalue weighted by molar-refractivity contribution is -0.133. The zero-order valence-electron chi connectivity index (χ0n) is 19.6. The van der Waals surface area contributed by atoms with Gasteiger partial charge in [0.15, 0.2) is 11.0 Å². The Morgan fingerprint density at radius 3 is 2.34 bits per heavy atom. The molecule has 1 amide bonds.